The van der Waals surface area contributed by atoms with Crippen LogP contribution in [0.4, 0.5) is 0 Å². The number of allylic oxidation sites excluding steroid dienone is 1. The number of ether oxygens (including phenoxy) is 2. The Morgan fingerprint density at radius 2 is 1.94 bits per heavy atom. The molecule has 0 heterocycles. The van der Waals surface area contributed by atoms with Crippen LogP contribution in [0.2, 0.25) is 0 Å². The van der Waals surface area contributed by atoms with E-state index in [1.165, 1.54) is 7.11 Å². The highest BCUT2D eigenvalue weighted by atomic mass is 16.6. The van der Waals surface area contributed by atoms with Crippen LogP contribution in [0.1, 0.15) is 33.1 Å². The average molecular weight is 253 g/mol. The normalized spacial score (nSPS) is 13.1. The van der Waals surface area contributed by atoms with Crippen molar-refractivity contribution < 1.29 is 19.1 Å². The predicted octanol–water partition coefficient (Wildman–Crippen LogP) is 1.75. The highest BCUT2D eigenvalue weighted by molar-refractivity contribution is 5.78. The number of hydrogen-bond donors (Lipinski definition) is 0. The summed E-state index contributed by atoms with van der Waals surface area (Å²) in [6.07, 6.45) is 3.35. The molecule has 18 heavy (non-hydrogen) atoms. The molecule has 0 aliphatic heterocycles. The van der Waals surface area contributed by atoms with Crippen LogP contribution in [0.15, 0.2) is 12.7 Å². The van der Waals surface area contributed by atoms with Crippen LogP contribution in [0.25, 0.3) is 0 Å². The molecular formula is C13H22BO4. The van der Waals surface area contributed by atoms with E-state index in [1.54, 1.807) is 19.9 Å². The van der Waals surface area contributed by atoms with Gasteiger partial charge in [0.1, 0.15) is 5.78 Å². The molecule has 0 aliphatic rings. The maximum atomic E-state index is 11.3. The molecule has 0 N–H and O–H groups in total. The fourth-order valence-corrected chi connectivity index (χ4v) is 1.39. The molecular weight excluding hydrogens is 231 g/mol. The van der Waals surface area contributed by atoms with Crippen LogP contribution in [0.3, 0.4) is 0 Å². The van der Waals surface area contributed by atoms with Gasteiger partial charge in [0.15, 0.2) is 6.10 Å². The summed E-state index contributed by atoms with van der Waals surface area (Å²) in [4.78, 5) is 22.6. The first kappa shape index (κ1) is 19.2. The molecule has 0 aromatic carbocycles. The van der Waals surface area contributed by atoms with Gasteiger partial charge >= 0.3 is 5.97 Å². The van der Waals surface area contributed by atoms with Gasteiger partial charge in [0.05, 0.1) is 6.61 Å². The van der Waals surface area contributed by atoms with Crippen molar-refractivity contribution in [3.63, 3.8) is 0 Å². The van der Waals surface area contributed by atoms with Crippen LogP contribution in [0, 0.1) is 5.92 Å². The van der Waals surface area contributed by atoms with E-state index in [4.69, 9.17) is 9.47 Å². The SMILES string of the molecule is C=CCCC(CCOC(=O)C(C)OC)C(C)=O.[B]. The van der Waals surface area contributed by atoms with E-state index in [-0.39, 0.29) is 26.7 Å². The van der Waals surface area contributed by atoms with E-state index >= 15 is 0 Å². The van der Waals surface area contributed by atoms with Crippen molar-refractivity contribution in [2.75, 3.05) is 13.7 Å². The number of esters is 1. The highest BCUT2D eigenvalue weighted by Crippen LogP contribution is 2.13. The molecule has 0 spiro atoms. The Morgan fingerprint density at radius 3 is 2.39 bits per heavy atom. The Balaban J connectivity index is 0. The molecule has 2 atom stereocenters. The number of methoxy groups -OCH3 is 1. The minimum Gasteiger partial charge on any atom is -0.464 e. The molecule has 0 rings (SSSR count). The maximum Gasteiger partial charge on any atom is 0.334 e. The lowest BCUT2D eigenvalue weighted by molar-refractivity contribution is -0.155. The lowest BCUT2D eigenvalue weighted by Crippen LogP contribution is -2.23. The van der Waals surface area contributed by atoms with E-state index in [0.717, 1.165) is 12.8 Å². The van der Waals surface area contributed by atoms with Crippen molar-refractivity contribution >= 4 is 20.2 Å². The number of carbonyl (C=O) groups excluding carboxylic acids is 2. The van der Waals surface area contributed by atoms with Crippen LogP contribution in [-0.2, 0) is 19.1 Å². The minimum absolute atomic E-state index is 0. The molecule has 0 aromatic rings. The standard InChI is InChI=1S/C13H22O4.B/c1-5-6-7-12(10(2)14)8-9-17-13(15)11(3)16-4;/h5,11-12H,1,6-9H2,2-4H3;. The van der Waals surface area contributed by atoms with Gasteiger partial charge < -0.3 is 9.47 Å². The molecule has 0 saturated carbocycles. The van der Waals surface area contributed by atoms with Gasteiger partial charge in [0.25, 0.3) is 0 Å². The van der Waals surface area contributed by atoms with Gasteiger partial charge in [-0.3, -0.25) is 4.79 Å². The zero-order valence-corrected chi connectivity index (χ0v) is 11.5. The van der Waals surface area contributed by atoms with E-state index in [1.807, 2.05) is 0 Å². The van der Waals surface area contributed by atoms with Gasteiger partial charge in [-0.1, -0.05) is 6.08 Å². The first-order valence-electron chi connectivity index (χ1n) is 5.83. The maximum absolute atomic E-state index is 11.3. The minimum atomic E-state index is -0.557. The molecule has 3 radical (unpaired) electrons. The zero-order valence-electron chi connectivity index (χ0n) is 11.5. The number of Topliss-reactive ketones (excluding diaryl/α,β-unsaturated/α-hetero) is 1. The first-order chi connectivity index (χ1) is 8.02. The summed E-state index contributed by atoms with van der Waals surface area (Å²) in [6, 6.07) is 0. The largest absolute Gasteiger partial charge is 0.464 e. The van der Waals surface area contributed by atoms with Crippen LogP contribution in [-0.4, -0.2) is 40.0 Å². The fourth-order valence-electron chi connectivity index (χ4n) is 1.39. The molecule has 0 bridgehead atoms. The first-order valence-corrected chi connectivity index (χ1v) is 5.83. The van der Waals surface area contributed by atoms with E-state index in [2.05, 4.69) is 6.58 Å². The number of carbonyl (C=O) groups is 2. The van der Waals surface area contributed by atoms with Gasteiger partial charge in [0, 0.05) is 21.4 Å². The van der Waals surface area contributed by atoms with E-state index in [9.17, 15) is 9.59 Å². The second-order valence-electron chi connectivity index (χ2n) is 4.01. The van der Waals surface area contributed by atoms with Crippen molar-refractivity contribution in [1.29, 1.82) is 0 Å². The molecule has 2 unspecified atom stereocenters. The van der Waals surface area contributed by atoms with Crippen molar-refractivity contribution in [2.24, 2.45) is 5.92 Å². The molecule has 0 aromatic heterocycles. The lowest BCUT2D eigenvalue weighted by Gasteiger charge is -2.14. The Hall–Kier alpha value is -1.10. The molecule has 101 valence electrons. The summed E-state index contributed by atoms with van der Waals surface area (Å²) in [6.45, 7) is 7.07. The molecule has 5 heteroatoms. The van der Waals surface area contributed by atoms with Gasteiger partial charge in [-0.05, 0) is 33.1 Å². The molecule has 0 fully saturated rings. The molecule has 4 nitrogen and oxygen atoms in total. The quantitative estimate of drug-likeness (QED) is 0.357. The van der Waals surface area contributed by atoms with Crippen molar-refractivity contribution in [3.05, 3.63) is 12.7 Å². The summed E-state index contributed by atoms with van der Waals surface area (Å²) in [5, 5.41) is 0. The summed E-state index contributed by atoms with van der Waals surface area (Å²) in [7, 11) is 1.45. The smallest absolute Gasteiger partial charge is 0.334 e. The van der Waals surface area contributed by atoms with Crippen molar-refractivity contribution in [3.8, 4) is 0 Å². The number of ketones is 1. The number of rotatable bonds is 9. The average Bonchev–Trinajstić information content (AvgIpc) is 2.31. The van der Waals surface area contributed by atoms with Gasteiger partial charge in [0.2, 0.25) is 0 Å². The second kappa shape index (κ2) is 11.0. The summed E-state index contributed by atoms with van der Waals surface area (Å²) < 4.78 is 9.84. The second-order valence-corrected chi connectivity index (χ2v) is 4.01. The lowest BCUT2D eigenvalue weighted by atomic mass is 9.96. The van der Waals surface area contributed by atoms with Crippen molar-refractivity contribution in [2.45, 2.75) is 39.2 Å². The number of hydrogen-bond acceptors (Lipinski definition) is 4. The summed E-state index contributed by atoms with van der Waals surface area (Å²) in [5.74, 6) is -0.320. The third-order valence-corrected chi connectivity index (χ3v) is 2.69. The van der Waals surface area contributed by atoms with E-state index in [0.29, 0.717) is 6.42 Å². The molecule has 0 aliphatic carbocycles. The molecule has 0 amide bonds. The molecule has 0 saturated heterocycles. The Morgan fingerprint density at radius 1 is 1.33 bits per heavy atom. The van der Waals surface area contributed by atoms with Crippen LogP contribution in [0.5, 0.6) is 0 Å². The van der Waals surface area contributed by atoms with Gasteiger partial charge in [-0.15, -0.1) is 6.58 Å². The fraction of sp³-hybridized carbons (Fsp3) is 0.692. The van der Waals surface area contributed by atoms with Crippen LogP contribution >= 0.6 is 0 Å². The zero-order chi connectivity index (χ0) is 13.3. The highest BCUT2D eigenvalue weighted by Gasteiger charge is 2.16. The van der Waals surface area contributed by atoms with E-state index < -0.39 is 12.1 Å². The van der Waals surface area contributed by atoms with Gasteiger partial charge in [-0.2, -0.15) is 0 Å². The third kappa shape index (κ3) is 8.06. The van der Waals surface area contributed by atoms with Gasteiger partial charge in [-0.25, -0.2) is 4.79 Å². The topological polar surface area (TPSA) is 52.6 Å². The Bertz CT molecular complexity index is 266. The predicted molar refractivity (Wildman–Crippen MR) is 71.4 cm³/mol. The Labute approximate surface area is 111 Å². The van der Waals surface area contributed by atoms with Crippen molar-refractivity contribution in [1.82, 2.24) is 0 Å². The monoisotopic (exact) mass is 253 g/mol. The third-order valence-electron chi connectivity index (χ3n) is 2.69. The Kier molecular flexibility index (Phi) is 11.8. The summed E-state index contributed by atoms with van der Waals surface area (Å²) >= 11 is 0. The summed E-state index contributed by atoms with van der Waals surface area (Å²) in [5.41, 5.74) is 0. The van der Waals surface area contributed by atoms with Crippen LogP contribution < -0.4 is 0 Å².